The number of aromatic hydroxyl groups is 1. The van der Waals surface area contributed by atoms with E-state index in [1.54, 1.807) is 30.4 Å². The van der Waals surface area contributed by atoms with Crippen molar-refractivity contribution in [3.05, 3.63) is 54.1 Å². The van der Waals surface area contributed by atoms with Crippen LogP contribution in [0.3, 0.4) is 0 Å². The molecule has 0 spiro atoms. The van der Waals surface area contributed by atoms with Gasteiger partial charge >= 0.3 is 0 Å². The molecule has 0 atom stereocenters. The van der Waals surface area contributed by atoms with Crippen molar-refractivity contribution < 1.29 is 5.11 Å². The van der Waals surface area contributed by atoms with E-state index in [-0.39, 0.29) is 5.75 Å². The van der Waals surface area contributed by atoms with Crippen LogP contribution in [-0.2, 0) is 6.54 Å². The number of hydrogen-bond acceptors (Lipinski definition) is 3. The average molecular weight is 341 g/mol. The summed E-state index contributed by atoms with van der Waals surface area (Å²) in [5.74, 6) is 0.210. The lowest BCUT2D eigenvalue weighted by Gasteiger charge is -2.00. The van der Waals surface area contributed by atoms with E-state index in [1.165, 1.54) is 12.8 Å². The molecule has 23 heavy (non-hydrogen) atoms. The highest BCUT2D eigenvalue weighted by molar-refractivity contribution is 6.30. The van der Waals surface area contributed by atoms with Gasteiger partial charge in [-0.25, -0.2) is 0 Å². The van der Waals surface area contributed by atoms with Crippen molar-refractivity contribution in [2.75, 3.05) is 13.6 Å². The highest BCUT2D eigenvalue weighted by Gasteiger charge is 1.99. The van der Waals surface area contributed by atoms with E-state index in [0.717, 1.165) is 6.54 Å². The standard InChI is InChI=1S/C8H8ClNO.C5H13N.2C3H6/c1-10-5-6-4-7(9)2-3-8(6)11;1-3-4-5-6-2;2*1-3-2/h2-4,11H,1,5H2;6H,3-5H2,1-2H3;2*3H,1H2,2H3. The molecule has 0 saturated heterocycles. The third-order valence-corrected chi connectivity index (χ3v) is 2.34. The lowest BCUT2D eigenvalue weighted by molar-refractivity contribution is 0.468. The molecule has 0 amide bonds. The first-order valence-electron chi connectivity index (χ1n) is 7.67. The van der Waals surface area contributed by atoms with Crippen LogP contribution in [0, 0.1) is 0 Å². The molecule has 0 aliphatic heterocycles. The van der Waals surface area contributed by atoms with E-state index < -0.39 is 0 Å². The van der Waals surface area contributed by atoms with Crippen molar-refractivity contribution in [2.45, 2.75) is 40.2 Å². The van der Waals surface area contributed by atoms with Crippen LogP contribution in [-0.4, -0.2) is 25.4 Å². The summed E-state index contributed by atoms with van der Waals surface area (Å²) in [7, 11) is 1.98. The highest BCUT2D eigenvalue weighted by atomic mass is 35.5. The maximum absolute atomic E-state index is 9.22. The molecular formula is C19H33ClN2O. The third kappa shape index (κ3) is 22.8. The second-order valence-corrected chi connectivity index (χ2v) is 4.86. The summed E-state index contributed by atoms with van der Waals surface area (Å²) in [6.07, 6.45) is 6.09. The Balaban J connectivity index is -0.000000282. The molecule has 2 N–H and O–H groups in total. The molecule has 1 aromatic rings. The fourth-order valence-electron chi connectivity index (χ4n) is 1.15. The number of phenolic OH excluding ortho intramolecular Hbond substituents is 1. The molecule has 0 heterocycles. The number of unbranched alkanes of at least 4 members (excludes halogenated alkanes) is 1. The Morgan fingerprint density at radius 3 is 2.13 bits per heavy atom. The molecule has 0 aliphatic rings. The van der Waals surface area contributed by atoms with Crippen molar-refractivity contribution in [3.8, 4) is 5.75 Å². The van der Waals surface area contributed by atoms with Crippen molar-refractivity contribution in [1.29, 1.82) is 0 Å². The normalized spacial score (nSPS) is 8.04. The van der Waals surface area contributed by atoms with E-state index in [4.69, 9.17) is 11.6 Å². The number of hydrogen-bond donors (Lipinski definition) is 2. The number of halogens is 1. The van der Waals surface area contributed by atoms with E-state index in [0.29, 0.717) is 17.1 Å². The second kappa shape index (κ2) is 22.7. The fourth-order valence-corrected chi connectivity index (χ4v) is 1.35. The van der Waals surface area contributed by atoms with Crippen molar-refractivity contribution in [3.63, 3.8) is 0 Å². The van der Waals surface area contributed by atoms with E-state index in [9.17, 15) is 5.11 Å². The van der Waals surface area contributed by atoms with Gasteiger partial charge in [0.05, 0.1) is 6.54 Å². The summed E-state index contributed by atoms with van der Waals surface area (Å²) in [6.45, 7) is 17.6. The Hall–Kier alpha value is -1.58. The number of benzene rings is 1. The SMILES string of the molecule is C=CC.C=CC.C=NCc1cc(Cl)ccc1O.CCCCNC. The Bertz CT molecular complexity index is 396. The zero-order valence-electron chi connectivity index (χ0n) is 15.1. The largest absolute Gasteiger partial charge is 0.508 e. The van der Waals surface area contributed by atoms with Gasteiger partial charge in [0.1, 0.15) is 5.75 Å². The van der Waals surface area contributed by atoms with Gasteiger partial charge in [-0.2, -0.15) is 0 Å². The van der Waals surface area contributed by atoms with Crippen LogP contribution in [0.1, 0.15) is 39.2 Å². The predicted octanol–water partition coefficient (Wildman–Crippen LogP) is 5.64. The van der Waals surface area contributed by atoms with Gasteiger partial charge in [0.2, 0.25) is 0 Å². The molecule has 0 saturated carbocycles. The zero-order chi connectivity index (χ0) is 18.5. The van der Waals surface area contributed by atoms with Crippen LogP contribution in [0.25, 0.3) is 0 Å². The number of nitrogens with zero attached hydrogens (tertiary/aromatic N) is 1. The first-order valence-corrected chi connectivity index (χ1v) is 8.05. The minimum Gasteiger partial charge on any atom is -0.508 e. The summed E-state index contributed by atoms with van der Waals surface area (Å²) >= 11 is 5.68. The number of nitrogens with one attached hydrogen (secondary N) is 1. The van der Waals surface area contributed by atoms with Crippen LogP contribution >= 0.6 is 11.6 Å². The van der Waals surface area contributed by atoms with Crippen LogP contribution in [0.2, 0.25) is 5.02 Å². The maximum Gasteiger partial charge on any atom is 0.120 e. The topological polar surface area (TPSA) is 44.6 Å². The Kier molecular flexibility index (Phi) is 26.0. The Morgan fingerprint density at radius 1 is 1.26 bits per heavy atom. The second-order valence-electron chi connectivity index (χ2n) is 4.43. The summed E-state index contributed by atoms with van der Waals surface area (Å²) in [6, 6.07) is 4.85. The molecular weight excluding hydrogens is 308 g/mol. The van der Waals surface area contributed by atoms with Crippen LogP contribution in [0.5, 0.6) is 5.75 Å². The smallest absolute Gasteiger partial charge is 0.120 e. The maximum atomic E-state index is 9.22. The number of aliphatic imine (C=N–C) groups is 1. The Morgan fingerprint density at radius 2 is 1.78 bits per heavy atom. The molecule has 1 aromatic carbocycles. The van der Waals surface area contributed by atoms with Crippen LogP contribution in [0.4, 0.5) is 0 Å². The minimum absolute atomic E-state index is 0.210. The van der Waals surface area contributed by atoms with Gasteiger partial charge in [-0.1, -0.05) is 37.1 Å². The molecule has 0 unspecified atom stereocenters. The first kappa shape index (κ1) is 26.3. The summed E-state index contributed by atoms with van der Waals surface area (Å²) in [5.41, 5.74) is 0.701. The van der Waals surface area contributed by atoms with Gasteiger partial charge in [-0.15, -0.1) is 13.2 Å². The fraction of sp³-hybridized carbons (Fsp3) is 0.421. The molecule has 4 heteroatoms. The molecule has 3 nitrogen and oxygen atoms in total. The van der Waals surface area contributed by atoms with Crippen LogP contribution < -0.4 is 5.32 Å². The molecule has 0 aromatic heterocycles. The number of rotatable bonds is 5. The van der Waals surface area contributed by atoms with Gasteiger partial charge in [0.25, 0.3) is 0 Å². The number of allylic oxidation sites excluding steroid dienone is 2. The van der Waals surface area contributed by atoms with Gasteiger partial charge in [0, 0.05) is 10.6 Å². The van der Waals surface area contributed by atoms with Crippen molar-refractivity contribution >= 4 is 18.3 Å². The van der Waals surface area contributed by atoms with E-state index in [1.807, 2.05) is 20.9 Å². The minimum atomic E-state index is 0.210. The van der Waals surface area contributed by atoms with Crippen molar-refractivity contribution in [2.24, 2.45) is 4.99 Å². The van der Waals surface area contributed by atoms with Gasteiger partial charge in [-0.05, 0) is 58.8 Å². The van der Waals surface area contributed by atoms with E-state index in [2.05, 4.69) is 37.1 Å². The summed E-state index contributed by atoms with van der Waals surface area (Å²) < 4.78 is 0. The van der Waals surface area contributed by atoms with Crippen molar-refractivity contribution in [1.82, 2.24) is 5.32 Å². The van der Waals surface area contributed by atoms with Gasteiger partial charge in [-0.3, -0.25) is 4.99 Å². The monoisotopic (exact) mass is 340 g/mol. The van der Waals surface area contributed by atoms with Gasteiger partial charge < -0.3 is 10.4 Å². The first-order chi connectivity index (χ1) is 11.0. The third-order valence-electron chi connectivity index (χ3n) is 2.10. The summed E-state index contributed by atoms with van der Waals surface area (Å²) in [4.78, 5) is 3.64. The number of phenols is 1. The molecule has 0 aliphatic carbocycles. The Labute approximate surface area is 147 Å². The lowest BCUT2D eigenvalue weighted by Crippen LogP contribution is -2.06. The zero-order valence-corrected chi connectivity index (χ0v) is 15.9. The van der Waals surface area contributed by atoms with Gasteiger partial charge in [0.15, 0.2) is 0 Å². The molecule has 0 bridgehead atoms. The lowest BCUT2D eigenvalue weighted by atomic mass is 10.2. The molecule has 0 fully saturated rings. The van der Waals surface area contributed by atoms with E-state index >= 15 is 0 Å². The molecule has 0 radical (unpaired) electrons. The predicted molar refractivity (Wildman–Crippen MR) is 107 cm³/mol. The molecule has 1 rings (SSSR count). The quantitative estimate of drug-likeness (QED) is 0.414. The molecule has 132 valence electrons. The average Bonchev–Trinajstić information content (AvgIpc) is 2.51. The summed E-state index contributed by atoms with van der Waals surface area (Å²) in [5, 5.41) is 12.9. The highest BCUT2D eigenvalue weighted by Crippen LogP contribution is 2.21. The van der Waals surface area contributed by atoms with Crippen LogP contribution in [0.15, 0.2) is 48.5 Å².